The van der Waals surface area contributed by atoms with Gasteiger partial charge in [0.1, 0.15) is 13.2 Å². The molecule has 0 saturated carbocycles. The van der Waals surface area contributed by atoms with Gasteiger partial charge in [-0.25, -0.2) is 0 Å². The Labute approximate surface area is 501 Å². The molecule has 0 aliphatic heterocycles. The van der Waals surface area contributed by atoms with Crippen molar-refractivity contribution in [1.82, 2.24) is 5.32 Å². The van der Waals surface area contributed by atoms with E-state index in [1.54, 1.807) is 6.08 Å². The number of phosphoric acid groups is 1. The Bertz CT molecular complexity index is 1730. The van der Waals surface area contributed by atoms with Gasteiger partial charge in [0.25, 0.3) is 7.82 Å². The normalized spacial score (nSPS) is 14.5. The Morgan fingerprint density at radius 2 is 0.765 bits per heavy atom. The second kappa shape index (κ2) is 61.5. The zero-order valence-corrected chi connectivity index (χ0v) is 54.1. The van der Waals surface area contributed by atoms with Crippen molar-refractivity contribution in [1.29, 1.82) is 0 Å². The van der Waals surface area contributed by atoms with E-state index in [1.165, 1.54) is 167 Å². The molecule has 0 aromatic heterocycles. The first-order valence-corrected chi connectivity index (χ1v) is 34.9. The fraction of sp³-hybridized carbons (Fsp3) is 0.708. The molecule has 0 spiro atoms. The molecule has 0 saturated heterocycles. The first-order valence-electron chi connectivity index (χ1n) is 33.4. The second-order valence-electron chi connectivity index (χ2n) is 23.4. The van der Waals surface area contributed by atoms with Crippen molar-refractivity contribution < 1.29 is 32.9 Å². The highest BCUT2D eigenvalue weighted by Crippen LogP contribution is 2.38. The van der Waals surface area contributed by atoms with Crippen molar-refractivity contribution in [3.05, 3.63) is 122 Å². The first kappa shape index (κ1) is 77.9. The topological polar surface area (TPSA) is 108 Å². The maximum absolute atomic E-state index is 13.0. The highest BCUT2D eigenvalue weighted by molar-refractivity contribution is 7.45. The minimum atomic E-state index is -4.63. The maximum Gasteiger partial charge on any atom is 0.268 e. The molecule has 0 radical (unpaired) electrons. The predicted octanol–water partition coefficient (Wildman–Crippen LogP) is 20.6. The van der Waals surface area contributed by atoms with Gasteiger partial charge in [-0.3, -0.25) is 9.36 Å². The summed E-state index contributed by atoms with van der Waals surface area (Å²) in [5.74, 6) is -0.252. The molecule has 0 bridgehead atoms. The number of nitrogens with one attached hydrogen (secondary N) is 1. The third-order valence-corrected chi connectivity index (χ3v) is 15.4. The highest BCUT2D eigenvalue weighted by Gasteiger charge is 2.23. The van der Waals surface area contributed by atoms with Gasteiger partial charge in [-0.2, -0.15) is 0 Å². The number of carbonyl (C=O) groups excluding carboxylic acids is 1. The van der Waals surface area contributed by atoms with Crippen LogP contribution in [-0.2, 0) is 18.4 Å². The van der Waals surface area contributed by atoms with Gasteiger partial charge in [0.2, 0.25) is 5.91 Å². The van der Waals surface area contributed by atoms with Gasteiger partial charge in [-0.1, -0.05) is 296 Å². The monoisotopic (exact) mass is 1150 g/mol. The molecule has 81 heavy (non-hydrogen) atoms. The van der Waals surface area contributed by atoms with Crippen molar-refractivity contribution in [2.75, 3.05) is 40.9 Å². The number of amides is 1. The van der Waals surface area contributed by atoms with Crippen LogP contribution in [0.2, 0.25) is 0 Å². The van der Waals surface area contributed by atoms with Gasteiger partial charge in [0.15, 0.2) is 0 Å². The molecule has 9 heteroatoms. The lowest BCUT2D eigenvalue weighted by atomic mass is 10.0. The number of rotatable bonds is 60. The molecule has 1 amide bonds. The number of hydrogen-bond acceptors (Lipinski definition) is 6. The molecule has 0 aromatic carbocycles. The number of allylic oxidation sites excluding steroid dienone is 19. The lowest BCUT2D eigenvalue weighted by molar-refractivity contribution is -0.870. The van der Waals surface area contributed by atoms with Crippen LogP contribution in [0.25, 0.3) is 0 Å². The van der Waals surface area contributed by atoms with Crippen LogP contribution in [0, 0.1) is 0 Å². The molecule has 0 fully saturated rings. The first-order chi connectivity index (χ1) is 39.5. The van der Waals surface area contributed by atoms with Gasteiger partial charge < -0.3 is 28.8 Å². The Kier molecular flexibility index (Phi) is 59.1. The van der Waals surface area contributed by atoms with Gasteiger partial charge in [0.05, 0.1) is 39.9 Å². The fourth-order valence-electron chi connectivity index (χ4n) is 9.25. The SMILES string of the molecule is CC/C=C\C/C=C\C/C=C\C/C=C\C/C=C\C/C=C\C/C=C\C/C=C\CCCCC(=O)NC(COP(=O)([O-])OCC[N+](C)(C)C)C(O)/C=C/CC/C=C/CCCCCCCCCCCCCCCCCCCCCCCCCCCC. The van der Waals surface area contributed by atoms with Crippen molar-refractivity contribution in [2.45, 2.75) is 289 Å². The van der Waals surface area contributed by atoms with Gasteiger partial charge >= 0.3 is 0 Å². The third kappa shape index (κ3) is 64.3. The number of hydrogen-bond donors (Lipinski definition) is 2. The summed E-state index contributed by atoms with van der Waals surface area (Å²) in [4.78, 5) is 25.6. The van der Waals surface area contributed by atoms with E-state index in [-0.39, 0.29) is 18.9 Å². The quantitative estimate of drug-likeness (QED) is 0.0272. The van der Waals surface area contributed by atoms with Crippen LogP contribution >= 0.6 is 7.82 Å². The van der Waals surface area contributed by atoms with E-state index < -0.39 is 26.6 Å². The number of carbonyl (C=O) groups is 1. The summed E-state index contributed by atoms with van der Waals surface area (Å²) >= 11 is 0. The fourth-order valence-corrected chi connectivity index (χ4v) is 9.97. The second-order valence-corrected chi connectivity index (χ2v) is 24.8. The van der Waals surface area contributed by atoms with E-state index in [4.69, 9.17) is 9.05 Å². The van der Waals surface area contributed by atoms with E-state index in [9.17, 15) is 19.4 Å². The summed E-state index contributed by atoms with van der Waals surface area (Å²) in [5.41, 5.74) is 0. The van der Waals surface area contributed by atoms with Crippen molar-refractivity contribution in [3.8, 4) is 0 Å². The van der Waals surface area contributed by atoms with Crippen LogP contribution in [0.1, 0.15) is 277 Å². The Balaban J connectivity index is 4.25. The van der Waals surface area contributed by atoms with Crippen LogP contribution in [0.3, 0.4) is 0 Å². The predicted molar refractivity (Wildman–Crippen MR) is 352 cm³/mol. The van der Waals surface area contributed by atoms with Crippen LogP contribution in [0.5, 0.6) is 0 Å². The number of aliphatic hydroxyl groups excluding tert-OH is 1. The van der Waals surface area contributed by atoms with Gasteiger partial charge in [0, 0.05) is 6.42 Å². The minimum absolute atomic E-state index is 0.0218. The number of quaternary nitrogens is 1. The van der Waals surface area contributed by atoms with Crippen LogP contribution in [0.4, 0.5) is 0 Å². The molecule has 0 heterocycles. The minimum Gasteiger partial charge on any atom is -0.756 e. The molecule has 2 N–H and O–H groups in total. The summed E-state index contributed by atoms with van der Waals surface area (Å²) in [7, 11) is 1.20. The summed E-state index contributed by atoms with van der Waals surface area (Å²) in [6, 6.07) is -0.938. The van der Waals surface area contributed by atoms with Crippen molar-refractivity contribution in [3.63, 3.8) is 0 Å². The number of aliphatic hydroxyl groups is 1. The number of phosphoric ester groups is 1. The number of nitrogens with zero attached hydrogens (tertiary/aromatic N) is 1. The molecule has 3 atom stereocenters. The molecule has 0 rings (SSSR count). The molecular weight excluding hydrogens is 1020 g/mol. The van der Waals surface area contributed by atoms with Crippen LogP contribution in [0.15, 0.2) is 122 Å². The molecule has 466 valence electrons. The summed E-state index contributed by atoms with van der Waals surface area (Å²) < 4.78 is 23.4. The maximum atomic E-state index is 13.0. The van der Waals surface area contributed by atoms with Crippen molar-refractivity contribution >= 4 is 13.7 Å². The van der Waals surface area contributed by atoms with Crippen molar-refractivity contribution in [2.24, 2.45) is 0 Å². The van der Waals surface area contributed by atoms with E-state index in [0.717, 1.165) is 83.5 Å². The molecule has 0 aliphatic carbocycles. The molecule has 8 nitrogen and oxygen atoms in total. The summed E-state index contributed by atoms with van der Waals surface area (Å²) in [6.45, 7) is 4.49. The van der Waals surface area contributed by atoms with E-state index in [0.29, 0.717) is 17.4 Å². The standard InChI is InChI=1S/C72H127N2O6P/c1-6-8-10-12-14-16-18-20-22-24-26-28-30-32-34-35-36-37-38-40-41-43-45-47-49-51-53-55-57-59-61-63-65-71(75)70(69-80-81(77,78)79-68-67-74(3,4)5)73-72(76)66-64-62-60-58-56-54-52-50-48-46-44-42-39-33-31-29-27-25-23-21-19-17-15-13-11-9-7-2/h9,11,15,17,21,23,27,29,33,39,44,46,50,52,55-58,63,65,70-71,75H,6-8,10,12-14,16,18-20,22,24-26,28,30-32,34-38,40-43,45,47-49,51,53-54,59-62,64,66-69H2,1-5H3,(H-,73,76,77,78)/b11-9-,17-15-,23-21-,29-27-,39-33-,46-44-,52-50-,57-55+,58-56-,65-63+. The van der Waals surface area contributed by atoms with Gasteiger partial charge in [-0.15, -0.1) is 0 Å². The van der Waals surface area contributed by atoms with Crippen LogP contribution < -0.4 is 10.2 Å². The average Bonchev–Trinajstić information content (AvgIpc) is 3.43. The molecule has 3 unspecified atom stereocenters. The highest BCUT2D eigenvalue weighted by atomic mass is 31.2. The molecular formula is C72H127N2O6P. The molecule has 0 aliphatic rings. The molecule has 0 aromatic rings. The number of likely N-dealkylation sites (N-methyl/N-ethyl adjacent to an activating group) is 1. The lowest BCUT2D eigenvalue weighted by Gasteiger charge is -2.29. The Hall–Kier alpha value is -3.10. The zero-order chi connectivity index (χ0) is 59.1. The summed E-state index contributed by atoms with van der Waals surface area (Å²) in [5, 5.41) is 13.9. The average molecular weight is 1150 g/mol. The van der Waals surface area contributed by atoms with Gasteiger partial charge in [-0.05, 0) is 96.3 Å². The zero-order valence-electron chi connectivity index (χ0n) is 53.2. The largest absolute Gasteiger partial charge is 0.756 e. The summed E-state index contributed by atoms with van der Waals surface area (Å²) in [6.07, 6.45) is 91.8. The third-order valence-electron chi connectivity index (χ3n) is 14.4. The Morgan fingerprint density at radius 3 is 1.15 bits per heavy atom. The van der Waals surface area contributed by atoms with E-state index in [2.05, 4.69) is 129 Å². The van der Waals surface area contributed by atoms with E-state index >= 15 is 0 Å². The Morgan fingerprint density at radius 1 is 0.444 bits per heavy atom. The van der Waals surface area contributed by atoms with E-state index in [1.807, 2.05) is 27.2 Å². The number of unbranched alkanes of at least 4 members (excludes halogenated alkanes) is 29. The lowest BCUT2D eigenvalue weighted by Crippen LogP contribution is -2.45. The van der Waals surface area contributed by atoms with Crippen LogP contribution in [-0.4, -0.2) is 68.5 Å². The smallest absolute Gasteiger partial charge is 0.268 e.